The number of aliphatic hydroxyl groups is 1. The van der Waals surface area contributed by atoms with Gasteiger partial charge in [-0.05, 0) is 31.8 Å². The molecule has 1 saturated heterocycles. The van der Waals surface area contributed by atoms with Crippen LogP contribution in [0.2, 0.25) is 0 Å². The molecule has 1 fully saturated rings. The highest BCUT2D eigenvalue weighted by atomic mass is 79.9. The molecule has 0 radical (unpaired) electrons. The van der Waals surface area contributed by atoms with Gasteiger partial charge >= 0.3 is 0 Å². The van der Waals surface area contributed by atoms with Crippen molar-refractivity contribution in [2.24, 2.45) is 0 Å². The van der Waals surface area contributed by atoms with Gasteiger partial charge in [0.25, 0.3) is 0 Å². The van der Waals surface area contributed by atoms with Gasteiger partial charge in [0.05, 0.1) is 18.8 Å². The van der Waals surface area contributed by atoms with Crippen molar-refractivity contribution in [3.63, 3.8) is 0 Å². The summed E-state index contributed by atoms with van der Waals surface area (Å²) in [7, 11) is 4.11. The normalized spacial score (nSPS) is 22.1. The van der Waals surface area contributed by atoms with Crippen LogP contribution in [-0.4, -0.2) is 67.9 Å². The minimum Gasteiger partial charge on any atom is -0.387 e. The second-order valence-electron chi connectivity index (χ2n) is 5.58. The van der Waals surface area contributed by atoms with E-state index in [-0.39, 0.29) is 6.10 Å². The molecule has 0 aromatic heterocycles. The standard InChI is InChI=1S/C15H23BrN2O2/c1-17(2)9-14-10-18(7-8-20-14)11-15(19)12-3-5-13(16)6-4-12/h3-6,14-15,19H,7-11H2,1-2H3. The van der Waals surface area contributed by atoms with E-state index < -0.39 is 6.10 Å². The predicted molar refractivity (Wildman–Crippen MR) is 83.8 cm³/mol. The van der Waals surface area contributed by atoms with Crippen molar-refractivity contribution in [3.8, 4) is 0 Å². The van der Waals surface area contributed by atoms with Crippen LogP contribution in [0.25, 0.3) is 0 Å². The lowest BCUT2D eigenvalue weighted by Gasteiger charge is -2.35. The maximum Gasteiger partial charge on any atom is 0.0916 e. The smallest absolute Gasteiger partial charge is 0.0916 e. The van der Waals surface area contributed by atoms with Gasteiger partial charge in [-0.15, -0.1) is 0 Å². The summed E-state index contributed by atoms with van der Waals surface area (Å²) in [6.07, 6.45) is -0.211. The Labute approximate surface area is 129 Å². The molecule has 0 bridgehead atoms. The van der Waals surface area contributed by atoms with E-state index >= 15 is 0 Å². The van der Waals surface area contributed by atoms with E-state index in [2.05, 4.69) is 39.8 Å². The Bertz CT molecular complexity index is 411. The lowest BCUT2D eigenvalue weighted by atomic mass is 10.1. The summed E-state index contributed by atoms with van der Waals surface area (Å²) >= 11 is 3.41. The Hall–Kier alpha value is -0.460. The van der Waals surface area contributed by atoms with E-state index in [1.807, 2.05) is 24.3 Å². The molecule has 112 valence electrons. The van der Waals surface area contributed by atoms with Crippen molar-refractivity contribution < 1.29 is 9.84 Å². The number of aliphatic hydroxyl groups excluding tert-OH is 1. The second-order valence-corrected chi connectivity index (χ2v) is 6.50. The molecule has 0 aliphatic carbocycles. The highest BCUT2D eigenvalue weighted by molar-refractivity contribution is 9.10. The summed E-state index contributed by atoms with van der Waals surface area (Å²) in [6, 6.07) is 7.86. The molecule has 2 rings (SSSR count). The van der Waals surface area contributed by atoms with Crippen LogP contribution in [0, 0.1) is 0 Å². The van der Waals surface area contributed by atoms with Crippen molar-refractivity contribution in [1.29, 1.82) is 0 Å². The second kappa shape index (κ2) is 7.52. The quantitative estimate of drug-likeness (QED) is 0.884. The fourth-order valence-corrected chi connectivity index (χ4v) is 2.76. The van der Waals surface area contributed by atoms with Gasteiger partial charge < -0.3 is 14.7 Å². The van der Waals surface area contributed by atoms with Gasteiger partial charge in [0.2, 0.25) is 0 Å². The summed E-state index contributed by atoms with van der Waals surface area (Å²) in [5.41, 5.74) is 0.962. The highest BCUT2D eigenvalue weighted by Gasteiger charge is 2.23. The van der Waals surface area contributed by atoms with E-state index in [9.17, 15) is 5.11 Å². The number of rotatable bonds is 5. The van der Waals surface area contributed by atoms with Crippen molar-refractivity contribution in [3.05, 3.63) is 34.3 Å². The van der Waals surface area contributed by atoms with Crippen LogP contribution in [0.5, 0.6) is 0 Å². The number of nitrogens with zero attached hydrogens (tertiary/aromatic N) is 2. The minimum absolute atomic E-state index is 0.232. The lowest BCUT2D eigenvalue weighted by Crippen LogP contribution is -2.47. The molecule has 1 N–H and O–H groups in total. The van der Waals surface area contributed by atoms with Crippen LogP contribution < -0.4 is 0 Å². The van der Waals surface area contributed by atoms with Crippen LogP contribution in [-0.2, 0) is 4.74 Å². The summed E-state index contributed by atoms with van der Waals surface area (Å²) in [6.45, 7) is 4.09. The van der Waals surface area contributed by atoms with Gasteiger partial charge in [0.1, 0.15) is 0 Å². The van der Waals surface area contributed by atoms with Crippen molar-refractivity contribution in [2.75, 3.05) is 46.9 Å². The molecule has 0 amide bonds. The Balaban J connectivity index is 1.87. The van der Waals surface area contributed by atoms with Crippen LogP contribution >= 0.6 is 15.9 Å². The summed E-state index contributed by atoms with van der Waals surface area (Å²) in [4.78, 5) is 4.42. The van der Waals surface area contributed by atoms with Gasteiger partial charge in [-0.25, -0.2) is 0 Å². The molecule has 0 spiro atoms. The number of halogens is 1. The number of hydrogen-bond acceptors (Lipinski definition) is 4. The molecule has 0 saturated carbocycles. The van der Waals surface area contributed by atoms with Crippen molar-refractivity contribution in [2.45, 2.75) is 12.2 Å². The average molecular weight is 343 g/mol. The number of hydrogen-bond donors (Lipinski definition) is 1. The summed E-state index contributed by atoms with van der Waals surface area (Å²) in [5, 5.41) is 10.3. The van der Waals surface area contributed by atoms with E-state index in [0.29, 0.717) is 6.54 Å². The molecule has 2 atom stereocenters. The van der Waals surface area contributed by atoms with Crippen LogP contribution in [0.4, 0.5) is 0 Å². The Morgan fingerprint density at radius 2 is 2.10 bits per heavy atom. The zero-order valence-corrected chi connectivity index (χ0v) is 13.7. The molecule has 1 aliphatic rings. The summed E-state index contributed by atoms with van der Waals surface area (Å²) in [5.74, 6) is 0. The molecular formula is C15H23BrN2O2. The number of likely N-dealkylation sites (N-methyl/N-ethyl adjacent to an activating group) is 1. The first-order chi connectivity index (χ1) is 9.54. The molecule has 1 aromatic carbocycles. The largest absolute Gasteiger partial charge is 0.387 e. The fraction of sp³-hybridized carbons (Fsp3) is 0.600. The SMILES string of the molecule is CN(C)CC1CN(CC(O)c2ccc(Br)cc2)CCO1. The summed E-state index contributed by atoms with van der Waals surface area (Å²) < 4.78 is 6.78. The molecule has 2 unspecified atom stereocenters. The first-order valence-corrected chi connectivity index (χ1v) is 7.76. The maximum atomic E-state index is 10.3. The Kier molecular flexibility index (Phi) is 5.99. The van der Waals surface area contributed by atoms with E-state index in [1.54, 1.807) is 0 Å². The molecule has 20 heavy (non-hydrogen) atoms. The third-order valence-corrected chi connectivity index (χ3v) is 4.01. The first-order valence-electron chi connectivity index (χ1n) is 6.97. The topological polar surface area (TPSA) is 35.9 Å². The third kappa shape index (κ3) is 4.82. The molecule has 4 nitrogen and oxygen atoms in total. The van der Waals surface area contributed by atoms with Gasteiger partial charge in [0, 0.05) is 30.7 Å². The average Bonchev–Trinajstić information content (AvgIpc) is 2.39. The maximum absolute atomic E-state index is 10.3. The Morgan fingerprint density at radius 3 is 2.75 bits per heavy atom. The fourth-order valence-electron chi connectivity index (χ4n) is 2.50. The van der Waals surface area contributed by atoms with E-state index in [1.165, 1.54) is 0 Å². The van der Waals surface area contributed by atoms with Crippen LogP contribution in [0.15, 0.2) is 28.7 Å². The van der Waals surface area contributed by atoms with Crippen LogP contribution in [0.3, 0.4) is 0 Å². The molecule has 1 heterocycles. The molecular weight excluding hydrogens is 320 g/mol. The van der Waals surface area contributed by atoms with E-state index in [4.69, 9.17) is 4.74 Å². The Morgan fingerprint density at radius 1 is 1.40 bits per heavy atom. The molecule has 1 aliphatic heterocycles. The predicted octanol–water partition coefficient (Wildman–Crippen LogP) is 1.74. The number of β-amino-alcohol motifs (C(OH)–C–C–N with tert-alkyl or cyclic N) is 1. The van der Waals surface area contributed by atoms with Crippen molar-refractivity contribution >= 4 is 15.9 Å². The molecule has 1 aromatic rings. The van der Waals surface area contributed by atoms with Crippen molar-refractivity contribution in [1.82, 2.24) is 9.80 Å². The lowest BCUT2D eigenvalue weighted by molar-refractivity contribution is -0.0489. The minimum atomic E-state index is -0.443. The highest BCUT2D eigenvalue weighted by Crippen LogP contribution is 2.19. The van der Waals surface area contributed by atoms with E-state index in [0.717, 1.165) is 36.3 Å². The van der Waals surface area contributed by atoms with Gasteiger partial charge in [-0.2, -0.15) is 0 Å². The zero-order chi connectivity index (χ0) is 14.5. The number of benzene rings is 1. The van der Waals surface area contributed by atoms with Crippen LogP contribution in [0.1, 0.15) is 11.7 Å². The number of ether oxygens (including phenoxy) is 1. The van der Waals surface area contributed by atoms with Gasteiger partial charge in [-0.3, -0.25) is 4.90 Å². The third-order valence-electron chi connectivity index (χ3n) is 3.48. The first kappa shape index (κ1) is 15.9. The zero-order valence-electron chi connectivity index (χ0n) is 12.1. The van der Waals surface area contributed by atoms with Gasteiger partial charge in [-0.1, -0.05) is 28.1 Å². The monoisotopic (exact) mass is 342 g/mol. The molecule has 5 heteroatoms. The number of morpholine rings is 1. The van der Waals surface area contributed by atoms with Gasteiger partial charge in [0.15, 0.2) is 0 Å².